The fourth-order valence-electron chi connectivity index (χ4n) is 0.912. The fraction of sp³-hybridized carbons (Fsp3) is 0.556. The van der Waals surface area contributed by atoms with Crippen LogP contribution in [0.1, 0.15) is 25.5 Å². The normalized spacial score (nSPS) is 10.5. The maximum absolute atomic E-state index is 5.31. The van der Waals surface area contributed by atoms with Crippen molar-refractivity contribution in [2.75, 3.05) is 13.2 Å². The van der Waals surface area contributed by atoms with E-state index in [1.54, 1.807) is 0 Å². The van der Waals surface area contributed by atoms with E-state index in [-0.39, 0.29) is 0 Å². The Balaban J connectivity index is 2.68. The molecule has 0 aliphatic heterocycles. The lowest BCUT2D eigenvalue weighted by molar-refractivity contribution is 0.314. The van der Waals surface area contributed by atoms with E-state index in [4.69, 9.17) is 10.5 Å². The molecule has 1 aromatic heterocycles. The van der Waals surface area contributed by atoms with Gasteiger partial charge in [0.05, 0.1) is 5.69 Å². The Morgan fingerprint density at radius 3 is 2.85 bits per heavy atom. The summed E-state index contributed by atoms with van der Waals surface area (Å²) in [7, 11) is 0. The zero-order valence-corrected chi connectivity index (χ0v) is 8.03. The van der Waals surface area contributed by atoms with Crippen LogP contribution in [0.25, 0.3) is 0 Å². The first kappa shape index (κ1) is 9.92. The molecule has 0 radical (unpaired) electrons. The molecule has 0 fully saturated rings. The lowest BCUT2D eigenvalue weighted by Crippen LogP contribution is -2.11. The largest absolute Gasteiger partial charge is 0.476 e. The quantitative estimate of drug-likeness (QED) is 0.750. The van der Waals surface area contributed by atoms with Gasteiger partial charge >= 0.3 is 0 Å². The zero-order chi connectivity index (χ0) is 9.68. The Bertz CT molecular complexity index is 263. The van der Waals surface area contributed by atoms with Crippen LogP contribution in [0, 0.1) is 0 Å². The minimum absolute atomic E-state index is 0.392. The number of hydrogen-bond donors (Lipinski definition) is 1. The Morgan fingerprint density at radius 1 is 1.46 bits per heavy atom. The van der Waals surface area contributed by atoms with Gasteiger partial charge < -0.3 is 10.5 Å². The molecule has 1 heterocycles. The van der Waals surface area contributed by atoms with E-state index in [0.717, 1.165) is 5.69 Å². The Labute approximate surface area is 78.1 Å². The number of aromatic nitrogens is 2. The second kappa shape index (κ2) is 4.77. The Hall–Kier alpha value is -1.16. The Kier molecular flexibility index (Phi) is 3.64. The van der Waals surface area contributed by atoms with Crippen LogP contribution in [0.3, 0.4) is 0 Å². The highest BCUT2D eigenvalue weighted by atomic mass is 16.5. The summed E-state index contributed by atoms with van der Waals surface area (Å²) in [4.78, 5) is 8.10. The van der Waals surface area contributed by atoms with Crippen LogP contribution in [-0.4, -0.2) is 23.1 Å². The second-order valence-corrected chi connectivity index (χ2v) is 3.07. The number of nitrogens with two attached hydrogens (primary N) is 1. The molecule has 0 aliphatic rings. The molecule has 0 saturated carbocycles. The number of rotatable bonds is 4. The van der Waals surface area contributed by atoms with Gasteiger partial charge in [0.15, 0.2) is 0 Å². The van der Waals surface area contributed by atoms with Crippen molar-refractivity contribution in [2.24, 2.45) is 5.73 Å². The van der Waals surface area contributed by atoms with E-state index in [1.165, 1.54) is 6.33 Å². The molecule has 0 unspecified atom stereocenters. The van der Waals surface area contributed by atoms with Crippen LogP contribution in [0.4, 0.5) is 0 Å². The van der Waals surface area contributed by atoms with Gasteiger partial charge in [-0.3, -0.25) is 0 Å². The maximum atomic E-state index is 5.31. The summed E-state index contributed by atoms with van der Waals surface area (Å²) < 4.78 is 5.27. The van der Waals surface area contributed by atoms with Gasteiger partial charge in [-0.1, -0.05) is 13.8 Å². The predicted molar refractivity (Wildman–Crippen MR) is 50.7 cm³/mol. The van der Waals surface area contributed by atoms with Crippen LogP contribution in [0.15, 0.2) is 12.4 Å². The summed E-state index contributed by atoms with van der Waals surface area (Å²) in [5, 5.41) is 0. The third-order valence-electron chi connectivity index (χ3n) is 1.62. The van der Waals surface area contributed by atoms with Gasteiger partial charge in [0.2, 0.25) is 5.88 Å². The Morgan fingerprint density at radius 2 is 2.23 bits per heavy atom. The van der Waals surface area contributed by atoms with E-state index < -0.39 is 0 Å². The van der Waals surface area contributed by atoms with Crippen molar-refractivity contribution in [3.8, 4) is 5.88 Å². The predicted octanol–water partition coefficient (Wildman–Crippen LogP) is 0.938. The van der Waals surface area contributed by atoms with E-state index in [9.17, 15) is 0 Å². The molecular weight excluding hydrogens is 166 g/mol. The van der Waals surface area contributed by atoms with Gasteiger partial charge in [0.25, 0.3) is 0 Å². The highest BCUT2D eigenvalue weighted by Gasteiger charge is 2.02. The highest BCUT2D eigenvalue weighted by Crippen LogP contribution is 2.14. The fourth-order valence-corrected chi connectivity index (χ4v) is 0.912. The van der Waals surface area contributed by atoms with Crippen molar-refractivity contribution in [1.29, 1.82) is 0 Å². The average Bonchev–Trinajstić information content (AvgIpc) is 2.15. The second-order valence-electron chi connectivity index (χ2n) is 3.07. The molecule has 2 N–H and O–H groups in total. The smallest absolute Gasteiger partial charge is 0.216 e. The minimum atomic E-state index is 0.392. The third-order valence-corrected chi connectivity index (χ3v) is 1.62. The van der Waals surface area contributed by atoms with Crippen molar-refractivity contribution in [2.45, 2.75) is 19.8 Å². The molecule has 0 saturated heterocycles. The molecule has 72 valence electrons. The molecule has 0 spiro atoms. The highest BCUT2D eigenvalue weighted by molar-refractivity contribution is 5.15. The van der Waals surface area contributed by atoms with Crippen molar-refractivity contribution in [3.05, 3.63) is 18.1 Å². The van der Waals surface area contributed by atoms with Crippen LogP contribution >= 0.6 is 0 Å². The average molecular weight is 181 g/mol. The molecule has 0 amide bonds. The molecule has 0 atom stereocenters. The van der Waals surface area contributed by atoms with Crippen molar-refractivity contribution in [1.82, 2.24) is 9.97 Å². The van der Waals surface area contributed by atoms with E-state index >= 15 is 0 Å². The van der Waals surface area contributed by atoms with Gasteiger partial charge in [-0.05, 0) is 5.92 Å². The first-order valence-corrected chi connectivity index (χ1v) is 4.39. The molecule has 1 aromatic rings. The first-order valence-electron chi connectivity index (χ1n) is 4.39. The SMILES string of the molecule is CC(C)c1cc(OCCN)ncn1. The minimum Gasteiger partial charge on any atom is -0.476 e. The van der Waals surface area contributed by atoms with Crippen molar-refractivity contribution in [3.63, 3.8) is 0 Å². The molecule has 0 aromatic carbocycles. The molecule has 1 rings (SSSR count). The van der Waals surface area contributed by atoms with Crippen LogP contribution in [-0.2, 0) is 0 Å². The monoisotopic (exact) mass is 181 g/mol. The number of ether oxygens (including phenoxy) is 1. The van der Waals surface area contributed by atoms with E-state index in [1.807, 2.05) is 6.07 Å². The summed E-state index contributed by atoms with van der Waals surface area (Å²) >= 11 is 0. The van der Waals surface area contributed by atoms with Gasteiger partial charge in [0.1, 0.15) is 12.9 Å². The summed E-state index contributed by atoms with van der Waals surface area (Å²) in [6, 6.07) is 1.85. The molecular formula is C9H15N3O. The van der Waals surface area contributed by atoms with Gasteiger partial charge in [-0.15, -0.1) is 0 Å². The topological polar surface area (TPSA) is 61.0 Å². The van der Waals surface area contributed by atoms with E-state index in [0.29, 0.717) is 24.9 Å². The molecule has 0 bridgehead atoms. The van der Waals surface area contributed by atoms with Crippen molar-refractivity contribution < 1.29 is 4.74 Å². The third kappa shape index (κ3) is 2.99. The summed E-state index contributed by atoms with van der Waals surface area (Å²) in [6.07, 6.45) is 1.52. The van der Waals surface area contributed by atoms with Gasteiger partial charge in [-0.25, -0.2) is 9.97 Å². The van der Waals surface area contributed by atoms with Gasteiger partial charge in [0, 0.05) is 12.6 Å². The van der Waals surface area contributed by atoms with Gasteiger partial charge in [-0.2, -0.15) is 0 Å². The summed E-state index contributed by atoms with van der Waals surface area (Å²) in [6.45, 7) is 5.15. The summed E-state index contributed by atoms with van der Waals surface area (Å²) in [5.41, 5.74) is 6.29. The van der Waals surface area contributed by atoms with E-state index in [2.05, 4.69) is 23.8 Å². The van der Waals surface area contributed by atoms with Crippen LogP contribution < -0.4 is 10.5 Å². The number of nitrogens with zero attached hydrogens (tertiary/aromatic N) is 2. The van der Waals surface area contributed by atoms with Crippen molar-refractivity contribution >= 4 is 0 Å². The lowest BCUT2D eigenvalue weighted by atomic mass is 10.1. The van der Waals surface area contributed by atoms with Crippen LogP contribution in [0.5, 0.6) is 5.88 Å². The lowest BCUT2D eigenvalue weighted by Gasteiger charge is -2.06. The molecule has 4 nitrogen and oxygen atoms in total. The van der Waals surface area contributed by atoms with Crippen LogP contribution in [0.2, 0.25) is 0 Å². The zero-order valence-electron chi connectivity index (χ0n) is 8.03. The molecule has 4 heteroatoms. The first-order chi connectivity index (χ1) is 6.24. The standard InChI is InChI=1S/C9H15N3O/c1-7(2)8-5-9(12-6-11-8)13-4-3-10/h5-7H,3-4,10H2,1-2H3. The number of hydrogen-bond acceptors (Lipinski definition) is 4. The molecule has 13 heavy (non-hydrogen) atoms. The summed E-state index contributed by atoms with van der Waals surface area (Å²) in [5.74, 6) is 0.993. The molecule has 0 aliphatic carbocycles. The maximum Gasteiger partial charge on any atom is 0.216 e.